The molecule has 0 amide bonds. The maximum absolute atomic E-state index is 14.5. The van der Waals surface area contributed by atoms with Gasteiger partial charge in [-0.1, -0.05) is 13.0 Å². The van der Waals surface area contributed by atoms with Gasteiger partial charge in [-0.2, -0.15) is 5.10 Å². The zero-order chi connectivity index (χ0) is 24.2. The van der Waals surface area contributed by atoms with Crippen LogP contribution in [0.4, 0.5) is 21.5 Å². The van der Waals surface area contributed by atoms with Crippen LogP contribution in [0.25, 0.3) is 5.52 Å². The van der Waals surface area contributed by atoms with Crippen LogP contribution in [-0.2, 0) is 9.53 Å². The SMILES string of the molecule is CCC(CC(=O)O)c1ccc(N(CC)C2CCOCC2)c(Nc2ccn3nc(C)c(F)c3c2)c1. The van der Waals surface area contributed by atoms with Gasteiger partial charge in [0.15, 0.2) is 5.82 Å². The van der Waals surface area contributed by atoms with Crippen LogP contribution in [0.5, 0.6) is 0 Å². The Morgan fingerprint density at radius 2 is 2.06 bits per heavy atom. The van der Waals surface area contributed by atoms with Crippen molar-refractivity contribution >= 4 is 28.5 Å². The summed E-state index contributed by atoms with van der Waals surface area (Å²) in [6.45, 7) is 8.12. The lowest BCUT2D eigenvalue weighted by molar-refractivity contribution is -0.137. The molecule has 1 fully saturated rings. The van der Waals surface area contributed by atoms with E-state index >= 15 is 0 Å². The van der Waals surface area contributed by atoms with E-state index in [1.54, 1.807) is 19.2 Å². The lowest BCUT2D eigenvalue weighted by Gasteiger charge is -2.37. The number of nitrogens with one attached hydrogen (secondary N) is 1. The lowest BCUT2D eigenvalue weighted by atomic mass is 9.92. The molecule has 0 aliphatic carbocycles. The Morgan fingerprint density at radius 3 is 2.74 bits per heavy atom. The van der Waals surface area contributed by atoms with Gasteiger partial charge in [-0.15, -0.1) is 0 Å². The highest BCUT2D eigenvalue weighted by atomic mass is 19.1. The van der Waals surface area contributed by atoms with Crippen LogP contribution in [-0.4, -0.2) is 46.5 Å². The molecule has 2 N–H and O–H groups in total. The number of aryl methyl sites for hydroxylation is 1. The van der Waals surface area contributed by atoms with Gasteiger partial charge in [0.1, 0.15) is 5.52 Å². The first-order valence-corrected chi connectivity index (χ1v) is 12.0. The minimum Gasteiger partial charge on any atom is -0.481 e. The van der Waals surface area contributed by atoms with E-state index in [2.05, 4.69) is 34.4 Å². The van der Waals surface area contributed by atoms with E-state index in [9.17, 15) is 14.3 Å². The van der Waals surface area contributed by atoms with Gasteiger partial charge >= 0.3 is 5.97 Å². The van der Waals surface area contributed by atoms with E-state index in [-0.39, 0.29) is 18.2 Å². The number of fused-ring (bicyclic) bond motifs is 1. The first-order chi connectivity index (χ1) is 16.4. The maximum atomic E-state index is 14.5. The molecule has 3 aromatic rings. The number of hydrogen-bond donors (Lipinski definition) is 2. The van der Waals surface area contributed by atoms with Gasteiger partial charge in [0.2, 0.25) is 0 Å². The molecule has 1 saturated heterocycles. The van der Waals surface area contributed by atoms with Crippen molar-refractivity contribution in [2.45, 2.75) is 58.4 Å². The molecule has 1 aliphatic heterocycles. The van der Waals surface area contributed by atoms with E-state index < -0.39 is 5.97 Å². The quantitative estimate of drug-likeness (QED) is 0.432. The van der Waals surface area contributed by atoms with Crippen molar-refractivity contribution in [1.29, 1.82) is 0 Å². The predicted molar refractivity (Wildman–Crippen MR) is 132 cm³/mol. The number of halogens is 1. The van der Waals surface area contributed by atoms with Gasteiger partial charge in [-0.3, -0.25) is 4.79 Å². The summed E-state index contributed by atoms with van der Waals surface area (Å²) in [6, 6.07) is 10.2. The van der Waals surface area contributed by atoms with Crippen molar-refractivity contribution in [3.63, 3.8) is 0 Å². The van der Waals surface area contributed by atoms with Gasteiger partial charge in [0.05, 0.1) is 23.5 Å². The number of carboxylic acids is 1. The maximum Gasteiger partial charge on any atom is 0.303 e. The number of pyridine rings is 1. The summed E-state index contributed by atoms with van der Waals surface area (Å²) < 4.78 is 21.6. The van der Waals surface area contributed by atoms with Crippen LogP contribution in [0.15, 0.2) is 36.5 Å². The van der Waals surface area contributed by atoms with E-state index in [0.717, 1.165) is 61.6 Å². The summed E-state index contributed by atoms with van der Waals surface area (Å²) in [5.74, 6) is -1.22. The van der Waals surface area contributed by atoms with Crippen LogP contribution < -0.4 is 10.2 Å². The third kappa shape index (κ3) is 5.01. The number of carboxylic acid groups (broad SMARTS) is 1. The highest BCUT2D eigenvalue weighted by molar-refractivity contribution is 5.78. The zero-order valence-electron chi connectivity index (χ0n) is 20.1. The van der Waals surface area contributed by atoms with E-state index in [0.29, 0.717) is 17.3 Å². The Hall–Kier alpha value is -3.13. The molecule has 34 heavy (non-hydrogen) atoms. The summed E-state index contributed by atoms with van der Waals surface area (Å²) in [5.41, 5.74) is 4.43. The molecule has 1 aromatic carbocycles. The zero-order valence-corrected chi connectivity index (χ0v) is 20.1. The standard InChI is InChI=1S/C26H33FN4O3/c1-4-18(15-25(32)33)19-6-7-23(30(5-2)21-9-12-34-13-10-21)22(14-19)28-20-8-11-31-24(16-20)26(27)17(3)29-31/h6-8,11,14,16,18,21,28H,4-5,9-10,12-13,15H2,1-3H3,(H,32,33). The number of anilines is 3. The Morgan fingerprint density at radius 1 is 1.29 bits per heavy atom. The molecule has 4 rings (SSSR count). The molecular formula is C26H33FN4O3. The van der Waals surface area contributed by atoms with Gasteiger partial charge in [-0.25, -0.2) is 8.91 Å². The molecule has 1 aliphatic rings. The Labute approximate surface area is 199 Å². The van der Waals surface area contributed by atoms with Crippen molar-refractivity contribution in [3.05, 3.63) is 53.6 Å². The predicted octanol–water partition coefficient (Wildman–Crippen LogP) is 5.50. The van der Waals surface area contributed by atoms with Gasteiger partial charge in [-0.05, 0) is 68.9 Å². The number of rotatable bonds is 9. The molecule has 1 unspecified atom stereocenters. The third-order valence-corrected chi connectivity index (χ3v) is 6.70. The topological polar surface area (TPSA) is 79.1 Å². The fraction of sp³-hybridized carbons (Fsp3) is 0.462. The number of aliphatic carboxylic acids is 1. The highest BCUT2D eigenvalue weighted by Gasteiger charge is 2.24. The fourth-order valence-corrected chi connectivity index (χ4v) is 4.86. The fourth-order valence-electron chi connectivity index (χ4n) is 4.86. The monoisotopic (exact) mass is 468 g/mol. The van der Waals surface area contributed by atoms with Crippen LogP contribution in [0.1, 0.15) is 56.7 Å². The Balaban J connectivity index is 1.75. The molecule has 7 nitrogen and oxygen atoms in total. The molecule has 2 aromatic heterocycles. The number of benzene rings is 1. The summed E-state index contributed by atoms with van der Waals surface area (Å²) in [6.07, 6.45) is 4.47. The Kier molecular flexibility index (Phi) is 7.36. The number of nitrogens with zero attached hydrogens (tertiary/aromatic N) is 3. The van der Waals surface area contributed by atoms with Crippen LogP contribution >= 0.6 is 0 Å². The average molecular weight is 469 g/mol. The van der Waals surface area contributed by atoms with Crippen molar-refractivity contribution < 1.29 is 19.0 Å². The summed E-state index contributed by atoms with van der Waals surface area (Å²) in [7, 11) is 0. The molecule has 0 saturated carbocycles. The van der Waals surface area contributed by atoms with Gasteiger partial charge in [0, 0.05) is 37.7 Å². The van der Waals surface area contributed by atoms with Crippen molar-refractivity contribution in [2.75, 3.05) is 30.0 Å². The van der Waals surface area contributed by atoms with Crippen LogP contribution in [0, 0.1) is 12.7 Å². The van der Waals surface area contributed by atoms with E-state index in [1.807, 2.05) is 19.1 Å². The van der Waals surface area contributed by atoms with Crippen molar-refractivity contribution in [3.8, 4) is 0 Å². The number of hydrogen-bond acceptors (Lipinski definition) is 5. The lowest BCUT2D eigenvalue weighted by Crippen LogP contribution is -2.39. The van der Waals surface area contributed by atoms with Crippen LogP contribution in [0.3, 0.4) is 0 Å². The summed E-state index contributed by atoms with van der Waals surface area (Å²) in [4.78, 5) is 13.8. The molecule has 0 radical (unpaired) electrons. The minimum atomic E-state index is -0.806. The first kappa shape index (κ1) is 24.0. The number of ether oxygens (including phenoxy) is 1. The number of aromatic nitrogens is 2. The number of carbonyl (C=O) groups is 1. The molecule has 0 spiro atoms. The van der Waals surface area contributed by atoms with Gasteiger partial charge < -0.3 is 20.1 Å². The second kappa shape index (κ2) is 10.4. The molecule has 8 heteroatoms. The normalized spacial score (nSPS) is 15.4. The van der Waals surface area contributed by atoms with Gasteiger partial charge in [0.25, 0.3) is 0 Å². The largest absolute Gasteiger partial charge is 0.481 e. The third-order valence-electron chi connectivity index (χ3n) is 6.70. The average Bonchev–Trinajstić information content (AvgIpc) is 3.12. The molecular weight excluding hydrogens is 435 g/mol. The van der Waals surface area contributed by atoms with Crippen LogP contribution in [0.2, 0.25) is 0 Å². The molecule has 0 bridgehead atoms. The van der Waals surface area contributed by atoms with Crippen molar-refractivity contribution in [2.24, 2.45) is 0 Å². The van der Waals surface area contributed by atoms with Crippen molar-refractivity contribution in [1.82, 2.24) is 9.61 Å². The highest BCUT2D eigenvalue weighted by Crippen LogP contribution is 2.36. The second-order valence-corrected chi connectivity index (χ2v) is 8.88. The Bertz CT molecular complexity index is 1160. The summed E-state index contributed by atoms with van der Waals surface area (Å²) in [5, 5.41) is 17.1. The second-order valence-electron chi connectivity index (χ2n) is 8.88. The van der Waals surface area contributed by atoms with E-state index in [4.69, 9.17) is 4.74 Å². The van der Waals surface area contributed by atoms with E-state index in [1.165, 1.54) is 4.52 Å². The minimum absolute atomic E-state index is 0.0809. The summed E-state index contributed by atoms with van der Waals surface area (Å²) >= 11 is 0. The molecule has 182 valence electrons. The smallest absolute Gasteiger partial charge is 0.303 e. The molecule has 3 heterocycles. The first-order valence-electron chi connectivity index (χ1n) is 12.0. The molecule has 1 atom stereocenters.